The predicted octanol–water partition coefficient (Wildman–Crippen LogP) is 4.20. The van der Waals surface area contributed by atoms with Crippen molar-refractivity contribution in [2.24, 2.45) is 0 Å². The molecule has 1 N–H and O–H groups in total. The summed E-state index contributed by atoms with van der Waals surface area (Å²) in [6, 6.07) is 10.9. The number of nitrogens with one attached hydrogen (secondary N) is 1. The first-order valence-electron chi connectivity index (χ1n) is 6.41. The Labute approximate surface area is 127 Å². The van der Waals surface area contributed by atoms with E-state index < -0.39 is 0 Å². The zero-order valence-electron chi connectivity index (χ0n) is 11.5. The molecule has 0 aliphatic carbocycles. The van der Waals surface area contributed by atoms with Gasteiger partial charge in [0.1, 0.15) is 18.2 Å². The molecule has 20 heavy (non-hydrogen) atoms. The monoisotopic (exact) mass is 337 g/mol. The molecule has 106 valence electrons. The summed E-state index contributed by atoms with van der Waals surface area (Å²) in [6.07, 6.45) is 0. The fourth-order valence-electron chi connectivity index (χ4n) is 1.93. The molecule has 0 spiro atoms. The van der Waals surface area contributed by atoms with Gasteiger partial charge < -0.3 is 10.1 Å². The van der Waals surface area contributed by atoms with E-state index in [9.17, 15) is 4.39 Å². The maximum Gasteiger partial charge on any atom is 0.134 e. The van der Waals surface area contributed by atoms with Gasteiger partial charge in [-0.05, 0) is 65.3 Å². The standard InChI is InChI=1S/C16H17BrFNO/c1-11-3-6-16(14(17)7-11)20-10-13-8-12(9-19-2)4-5-15(13)18/h3-8,19H,9-10H2,1-2H3. The van der Waals surface area contributed by atoms with Crippen LogP contribution in [-0.4, -0.2) is 7.05 Å². The van der Waals surface area contributed by atoms with Gasteiger partial charge in [-0.3, -0.25) is 0 Å². The van der Waals surface area contributed by atoms with E-state index in [0.29, 0.717) is 17.9 Å². The molecule has 0 aromatic heterocycles. The maximum atomic E-state index is 13.8. The molecule has 0 unspecified atom stereocenters. The Morgan fingerprint density at radius 1 is 1.20 bits per heavy atom. The Bertz CT molecular complexity index is 601. The van der Waals surface area contributed by atoms with Crippen LogP contribution in [0.5, 0.6) is 5.75 Å². The van der Waals surface area contributed by atoms with E-state index in [4.69, 9.17) is 4.74 Å². The van der Waals surface area contributed by atoms with Crippen molar-refractivity contribution in [2.75, 3.05) is 7.05 Å². The molecule has 0 bridgehead atoms. The molecule has 0 saturated carbocycles. The molecule has 0 fully saturated rings. The number of ether oxygens (including phenoxy) is 1. The Hall–Kier alpha value is -1.39. The van der Waals surface area contributed by atoms with Gasteiger partial charge in [-0.15, -0.1) is 0 Å². The molecule has 4 heteroatoms. The Kier molecular flexibility index (Phi) is 5.15. The van der Waals surface area contributed by atoms with E-state index in [-0.39, 0.29) is 12.4 Å². The average molecular weight is 338 g/mol. The van der Waals surface area contributed by atoms with Gasteiger partial charge >= 0.3 is 0 Å². The highest BCUT2D eigenvalue weighted by Gasteiger charge is 2.06. The lowest BCUT2D eigenvalue weighted by molar-refractivity contribution is 0.297. The molecule has 0 saturated heterocycles. The topological polar surface area (TPSA) is 21.3 Å². The van der Waals surface area contributed by atoms with Crippen molar-refractivity contribution in [3.8, 4) is 5.75 Å². The van der Waals surface area contributed by atoms with Crippen molar-refractivity contribution in [3.05, 3.63) is 63.4 Å². The first-order chi connectivity index (χ1) is 9.60. The van der Waals surface area contributed by atoms with Crippen molar-refractivity contribution in [3.63, 3.8) is 0 Å². The minimum atomic E-state index is -0.243. The number of aryl methyl sites for hydroxylation is 1. The summed E-state index contributed by atoms with van der Waals surface area (Å²) in [6.45, 7) is 2.93. The van der Waals surface area contributed by atoms with Crippen LogP contribution in [-0.2, 0) is 13.2 Å². The third-order valence-corrected chi connectivity index (χ3v) is 3.58. The minimum absolute atomic E-state index is 0.213. The van der Waals surface area contributed by atoms with Gasteiger partial charge in [-0.1, -0.05) is 12.1 Å². The van der Waals surface area contributed by atoms with Crippen molar-refractivity contribution < 1.29 is 9.13 Å². The SMILES string of the molecule is CNCc1ccc(F)c(COc2ccc(C)cc2Br)c1. The van der Waals surface area contributed by atoms with Gasteiger partial charge in [0.05, 0.1) is 4.47 Å². The van der Waals surface area contributed by atoms with E-state index in [1.807, 2.05) is 38.2 Å². The number of benzene rings is 2. The Morgan fingerprint density at radius 3 is 2.70 bits per heavy atom. The molecule has 0 aliphatic heterocycles. The Balaban J connectivity index is 2.11. The lowest BCUT2D eigenvalue weighted by Crippen LogP contribution is -2.07. The smallest absolute Gasteiger partial charge is 0.134 e. The summed E-state index contributed by atoms with van der Waals surface area (Å²) in [5, 5.41) is 3.05. The van der Waals surface area contributed by atoms with Crippen molar-refractivity contribution >= 4 is 15.9 Å². The summed E-state index contributed by atoms with van der Waals surface area (Å²) < 4.78 is 20.3. The lowest BCUT2D eigenvalue weighted by Gasteiger charge is -2.11. The van der Waals surface area contributed by atoms with E-state index in [1.54, 1.807) is 6.07 Å². The van der Waals surface area contributed by atoms with Gasteiger partial charge in [-0.25, -0.2) is 4.39 Å². The Morgan fingerprint density at radius 2 is 2.00 bits per heavy atom. The van der Waals surface area contributed by atoms with Crippen LogP contribution in [0.4, 0.5) is 4.39 Å². The predicted molar refractivity (Wildman–Crippen MR) is 82.4 cm³/mol. The quantitative estimate of drug-likeness (QED) is 0.882. The molecule has 2 aromatic carbocycles. The van der Waals surface area contributed by atoms with Gasteiger partial charge in [0.25, 0.3) is 0 Å². The van der Waals surface area contributed by atoms with Crippen LogP contribution in [0.1, 0.15) is 16.7 Å². The molecule has 0 amide bonds. The molecule has 0 aliphatic rings. The van der Waals surface area contributed by atoms with E-state index >= 15 is 0 Å². The summed E-state index contributed by atoms with van der Waals surface area (Å²) in [5.74, 6) is 0.474. The van der Waals surface area contributed by atoms with Gasteiger partial charge in [0, 0.05) is 12.1 Å². The van der Waals surface area contributed by atoms with E-state index in [2.05, 4.69) is 21.2 Å². The largest absolute Gasteiger partial charge is 0.488 e. The van der Waals surface area contributed by atoms with Crippen LogP contribution in [0.25, 0.3) is 0 Å². The van der Waals surface area contributed by atoms with Gasteiger partial charge in [0.15, 0.2) is 0 Å². The third kappa shape index (κ3) is 3.81. The van der Waals surface area contributed by atoms with Crippen molar-refractivity contribution in [1.82, 2.24) is 5.32 Å². The van der Waals surface area contributed by atoms with Crippen LogP contribution in [0.3, 0.4) is 0 Å². The van der Waals surface area contributed by atoms with Crippen LogP contribution in [0.2, 0.25) is 0 Å². The number of halogens is 2. The molecule has 0 radical (unpaired) electrons. The summed E-state index contributed by atoms with van der Waals surface area (Å²) in [7, 11) is 1.86. The van der Waals surface area contributed by atoms with Crippen LogP contribution in [0, 0.1) is 12.7 Å². The molecular formula is C16H17BrFNO. The highest BCUT2D eigenvalue weighted by molar-refractivity contribution is 9.10. The van der Waals surface area contributed by atoms with Gasteiger partial charge in [-0.2, -0.15) is 0 Å². The molecule has 2 rings (SSSR count). The third-order valence-electron chi connectivity index (χ3n) is 2.96. The van der Waals surface area contributed by atoms with Gasteiger partial charge in [0.2, 0.25) is 0 Å². The second-order valence-corrected chi connectivity index (χ2v) is 5.53. The zero-order valence-corrected chi connectivity index (χ0v) is 13.1. The average Bonchev–Trinajstić information content (AvgIpc) is 2.41. The fraction of sp³-hybridized carbons (Fsp3) is 0.250. The van der Waals surface area contributed by atoms with Crippen LogP contribution in [0.15, 0.2) is 40.9 Å². The number of hydrogen-bond donors (Lipinski definition) is 1. The van der Waals surface area contributed by atoms with Crippen LogP contribution >= 0.6 is 15.9 Å². The fourth-order valence-corrected chi connectivity index (χ4v) is 2.54. The summed E-state index contributed by atoms with van der Waals surface area (Å²) >= 11 is 3.45. The number of rotatable bonds is 5. The van der Waals surface area contributed by atoms with Crippen molar-refractivity contribution in [1.29, 1.82) is 0 Å². The van der Waals surface area contributed by atoms with Crippen LogP contribution < -0.4 is 10.1 Å². The molecule has 0 atom stereocenters. The second-order valence-electron chi connectivity index (χ2n) is 4.68. The first kappa shape index (κ1) is 15.0. The number of hydrogen-bond acceptors (Lipinski definition) is 2. The summed E-state index contributed by atoms with van der Waals surface area (Å²) in [5.41, 5.74) is 2.74. The highest BCUT2D eigenvalue weighted by Crippen LogP contribution is 2.26. The summed E-state index contributed by atoms with van der Waals surface area (Å²) in [4.78, 5) is 0. The molecule has 2 aromatic rings. The van der Waals surface area contributed by atoms with E-state index in [0.717, 1.165) is 15.6 Å². The lowest BCUT2D eigenvalue weighted by atomic mass is 10.1. The minimum Gasteiger partial charge on any atom is -0.488 e. The highest BCUT2D eigenvalue weighted by atomic mass is 79.9. The molecular weight excluding hydrogens is 321 g/mol. The molecule has 2 nitrogen and oxygen atoms in total. The first-order valence-corrected chi connectivity index (χ1v) is 7.20. The molecule has 0 heterocycles. The zero-order chi connectivity index (χ0) is 14.5. The maximum absolute atomic E-state index is 13.8. The van der Waals surface area contributed by atoms with Crippen molar-refractivity contribution in [2.45, 2.75) is 20.1 Å². The normalized spacial score (nSPS) is 10.6. The second kappa shape index (κ2) is 6.86. The van der Waals surface area contributed by atoms with E-state index in [1.165, 1.54) is 6.07 Å².